The lowest BCUT2D eigenvalue weighted by atomic mass is 10.1. The van der Waals surface area contributed by atoms with Crippen LogP contribution in [0.2, 0.25) is 0 Å². The van der Waals surface area contributed by atoms with E-state index in [-0.39, 0.29) is 18.1 Å². The van der Waals surface area contributed by atoms with E-state index in [0.29, 0.717) is 13.2 Å². The lowest BCUT2D eigenvalue weighted by molar-refractivity contribution is -0.149. The van der Waals surface area contributed by atoms with Crippen LogP contribution in [0.15, 0.2) is 12.4 Å². The standard InChI is InChI=1S/C15H24N4O2/c1-17-8-9-19(15(20)13-5-3-4-10-21-13)11-12(17)14-16-6-7-18(14)2/h6-7,12-13H,3-5,8-11H2,1-2H3/t12-,13-/m1/s1. The molecular formula is C15H24N4O2. The van der Waals surface area contributed by atoms with Crippen molar-refractivity contribution in [2.75, 3.05) is 33.3 Å². The van der Waals surface area contributed by atoms with E-state index in [4.69, 9.17) is 4.74 Å². The molecule has 0 bridgehead atoms. The molecule has 0 saturated carbocycles. The van der Waals surface area contributed by atoms with E-state index in [1.165, 1.54) is 0 Å². The summed E-state index contributed by atoms with van der Waals surface area (Å²) in [7, 11) is 4.10. The molecule has 2 saturated heterocycles. The van der Waals surface area contributed by atoms with E-state index in [0.717, 1.165) is 38.2 Å². The Morgan fingerprint density at radius 2 is 2.19 bits per heavy atom. The third-order valence-electron chi connectivity index (χ3n) is 4.57. The molecule has 6 nitrogen and oxygen atoms in total. The number of rotatable bonds is 2. The molecule has 2 aliphatic rings. The number of aromatic nitrogens is 2. The Kier molecular flexibility index (Phi) is 4.26. The number of imidazole rings is 1. The Hall–Kier alpha value is -1.40. The molecule has 2 atom stereocenters. The SMILES string of the molecule is CN1CCN(C(=O)[C@H]2CCCCO2)C[C@@H]1c1nccn1C. The Bertz CT molecular complexity index is 496. The normalized spacial score (nSPS) is 27.8. The summed E-state index contributed by atoms with van der Waals surface area (Å²) in [4.78, 5) is 21.3. The zero-order valence-electron chi connectivity index (χ0n) is 12.9. The number of hydrogen-bond acceptors (Lipinski definition) is 4. The summed E-state index contributed by atoms with van der Waals surface area (Å²) in [6.45, 7) is 3.05. The zero-order valence-corrected chi connectivity index (χ0v) is 12.9. The number of carbonyl (C=O) groups excluding carboxylic acids is 1. The smallest absolute Gasteiger partial charge is 0.251 e. The van der Waals surface area contributed by atoms with Crippen LogP contribution in [-0.2, 0) is 16.6 Å². The fraction of sp³-hybridized carbons (Fsp3) is 0.733. The molecule has 3 rings (SSSR count). The van der Waals surface area contributed by atoms with Crippen molar-refractivity contribution >= 4 is 5.91 Å². The fourth-order valence-electron chi connectivity index (χ4n) is 3.19. The van der Waals surface area contributed by atoms with Gasteiger partial charge in [0.1, 0.15) is 11.9 Å². The van der Waals surface area contributed by atoms with Crippen LogP contribution in [0.5, 0.6) is 0 Å². The first-order valence-corrected chi connectivity index (χ1v) is 7.74. The van der Waals surface area contributed by atoms with E-state index in [1.54, 1.807) is 0 Å². The molecule has 0 N–H and O–H groups in total. The van der Waals surface area contributed by atoms with Gasteiger partial charge in [-0.1, -0.05) is 0 Å². The lowest BCUT2D eigenvalue weighted by Gasteiger charge is -2.40. The molecule has 0 radical (unpaired) electrons. The second-order valence-corrected chi connectivity index (χ2v) is 6.03. The van der Waals surface area contributed by atoms with Crippen LogP contribution >= 0.6 is 0 Å². The maximum atomic E-state index is 12.6. The molecule has 1 aromatic rings. The third-order valence-corrected chi connectivity index (χ3v) is 4.57. The highest BCUT2D eigenvalue weighted by molar-refractivity contribution is 5.81. The summed E-state index contributed by atoms with van der Waals surface area (Å²) in [6, 6.07) is 0.159. The summed E-state index contributed by atoms with van der Waals surface area (Å²) in [6.07, 6.45) is 6.56. The van der Waals surface area contributed by atoms with E-state index < -0.39 is 0 Å². The number of likely N-dealkylation sites (N-methyl/N-ethyl adjacent to an activating group) is 1. The molecular weight excluding hydrogens is 268 g/mol. The van der Waals surface area contributed by atoms with E-state index in [1.807, 2.05) is 28.9 Å². The second kappa shape index (κ2) is 6.15. The van der Waals surface area contributed by atoms with Crippen LogP contribution in [0, 0.1) is 0 Å². The van der Waals surface area contributed by atoms with Gasteiger partial charge >= 0.3 is 0 Å². The molecule has 6 heteroatoms. The van der Waals surface area contributed by atoms with Gasteiger partial charge in [0, 0.05) is 45.7 Å². The quantitative estimate of drug-likeness (QED) is 0.809. The van der Waals surface area contributed by atoms with Gasteiger partial charge in [0.25, 0.3) is 5.91 Å². The van der Waals surface area contributed by atoms with Gasteiger partial charge in [-0.15, -0.1) is 0 Å². The largest absolute Gasteiger partial charge is 0.368 e. The number of amides is 1. The highest BCUT2D eigenvalue weighted by Gasteiger charge is 2.34. The number of piperazine rings is 1. The minimum atomic E-state index is -0.232. The summed E-state index contributed by atoms with van der Waals surface area (Å²) in [5, 5.41) is 0. The van der Waals surface area contributed by atoms with E-state index >= 15 is 0 Å². The van der Waals surface area contributed by atoms with Crippen molar-refractivity contribution in [3.05, 3.63) is 18.2 Å². The first-order chi connectivity index (χ1) is 10.2. The summed E-state index contributed by atoms with van der Waals surface area (Å²) in [5.41, 5.74) is 0. The maximum Gasteiger partial charge on any atom is 0.251 e. The van der Waals surface area contributed by atoms with Gasteiger partial charge in [-0.05, 0) is 26.3 Å². The van der Waals surface area contributed by atoms with Crippen molar-refractivity contribution < 1.29 is 9.53 Å². The fourth-order valence-corrected chi connectivity index (χ4v) is 3.19. The Morgan fingerprint density at radius 1 is 1.33 bits per heavy atom. The average Bonchev–Trinajstić information content (AvgIpc) is 2.94. The summed E-state index contributed by atoms with van der Waals surface area (Å²) < 4.78 is 7.68. The van der Waals surface area contributed by atoms with Crippen LogP contribution in [-0.4, -0.2) is 64.7 Å². The maximum absolute atomic E-state index is 12.6. The molecule has 0 unspecified atom stereocenters. The molecule has 0 aromatic carbocycles. The molecule has 1 amide bonds. The molecule has 3 heterocycles. The molecule has 0 spiro atoms. The first kappa shape index (κ1) is 14.5. The van der Waals surface area contributed by atoms with Crippen LogP contribution in [0.1, 0.15) is 31.1 Å². The average molecular weight is 292 g/mol. The van der Waals surface area contributed by atoms with Crippen molar-refractivity contribution in [3.8, 4) is 0 Å². The third kappa shape index (κ3) is 2.96. The van der Waals surface area contributed by atoms with Gasteiger partial charge in [0.2, 0.25) is 0 Å². The molecule has 0 aliphatic carbocycles. The predicted molar refractivity (Wildman–Crippen MR) is 78.8 cm³/mol. The summed E-state index contributed by atoms with van der Waals surface area (Å²) >= 11 is 0. The van der Waals surface area contributed by atoms with Gasteiger partial charge < -0.3 is 14.2 Å². The van der Waals surface area contributed by atoms with E-state index in [9.17, 15) is 4.79 Å². The topological polar surface area (TPSA) is 50.6 Å². The van der Waals surface area contributed by atoms with Crippen molar-refractivity contribution in [1.82, 2.24) is 19.4 Å². The van der Waals surface area contributed by atoms with E-state index in [2.05, 4.69) is 16.9 Å². The van der Waals surface area contributed by atoms with Gasteiger partial charge in [-0.3, -0.25) is 9.69 Å². The molecule has 21 heavy (non-hydrogen) atoms. The minimum Gasteiger partial charge on any atom is -0.368 e. The zero-order chi connectivity index (χ0) is 14.8. The number of aryl methyl sites for hydroxylation is 1. The van der Waals surface area contributed by atoms with Gasteiger partial charge in [-0.25, -0.2) is 4.98 Å². The van der Waals surface area contributed by atoms with Crippen LogP contribution in [0.4, 0.5) is 0 Å². The van der Waals surface area contributed by atoms with Gasteiger partial charge in [-0.2, -0.15) is 0 Å². The highest BCUT2D eigenvalue weighted by atomic mass is 16.5. The van der Waals surface area contributed by atoms with Crippen molar-refractivity contribution in [2.24, 2.45) is 7.05 Å². The highest BCUT2D eigenvalue weighted by Crippen LogP contribution is 2.24. The molecule has 2 aliphatic heterocycles. The van der Waals surface area contributed by atoms with Crippen LogP contribution in [0.25, 0.3) is 0 Å². The predicted octanol–water partition coefficient (Wildman–Crippen LogP) is 0.804. The number of nitrogens with zero attached hydrogens (tertiary/aromatic N) is 4. The minimum absolute atomic E-state index is 0.155. The number of hydrogen-bond donors (Lipinski definition) is 0. The molecule has 1 aromatic heterocycles. The van der Waals surface area contributed by atoms with Crippen LogP contribution < -0.4 is 0 Å². The number of ether oxygens (including phenoxy) is 1. The first-order valence-electron chi connectivity index (χ1n) is 7.74. The van der Waals surface area contributed by atoms with Crippen molar-refractivity contribution in [1.29, 1.82) is 0 Å². The van der Waals surface area contributed by atoms with Crippen molar-refractivity contribution in [3.63, 3.8) is 0 Å². The lowest BCUT2D eigenvalue weighted by Crippen LogP contribution is -2.52. The second-order valence-electron chi connectivity index (χ2n) is 6.03. The Labute approximate surface area is 125 Å². The van der Waals surface area contributed by atoms with Crippen molar-refractivity contribution in [2.45, 2.75) is 31.4 Å². The molecule has 2 fully saturated rings. The van der Waals surface area contributed by atoms with Gasteiger partial charge in [0.15, 0.2) is 0 Å². The van der Waals surface area contributed by atoms with Crippen LogP contribution in [0.3, 0.4) is 0 Å². The summed E-state index contributed by atoms with van der Waals surface area (Å²) in [5.74, 6) is 1.17. The Morgan fingerprint density at radius 3 is 2.86 bits per heavy atom. The Balaban J connectivity index is 1.70. The van der Waals surface area contributed by atoms with Gasteiger partial charge in [0.05, 0.1) is 6.04 Å². The monoisotopic (exact) mass is 292 g/mol. The molecule has 116 valence electrons. The number of carbonyl (C=O) groups is 1.